The molecule has 0 radical (unpaired) electrons. The van der Waals surface area contributed by atoms with Crippen LogP contribution in [0.2, 0.25) is 0 Å². The Morgan fingerprint density at radius 1 is 1.13 bits per heavy atom. The van der Waals surface area contributed by atoms with Gasteiger partial charge in [0.05, 0.1) is 42.8 Å². The maximum absolute atomic E-state index is 13.5. The van der Waals surface area contributed by atoms with Gasteiger partial charge in [0.25, 0.3) is 0 Å². The average Bonchev–Trinajstić information content (AvgIpc) is 3.27. The van der Waals surface area contributed by atoms with Crippen molar-refractivity contribution in [3.8, 4) is 17.6 Å². The van der Waals surface area contributed by atoms with Gasteiger partial charge < -0.3 is 30.1 Å². The van der Waals surface area contributed by atoms with Gasteiger partial charge in [0.2, 0.25) is 0 Å². The van der Waals surface area contributed by atoms with E-state index in [2.05, 4.69) is 32.9 Å². The van der Waals surface area contributed by atoms with E-state index in [9.17, 15) is 13.2 Å². The van der Waals surface area contributed by atoms with E-state index < -0.39 is 12.7 Å². The summed E-state index contributed by atoms with van der Waals surface area (Å²) in [6.45, 7) is 1.69. The van der Waals surface area contributed by atoms with E-state index in [-0.39, 0.29) is 19.2 Å². The molecule has 1 saturated heterocycles. The van der Waals surface area contributed by atoms with Gasteiger partial charge in [-0.1, -0.05) is 12.0 Å². The number of ether oxygens (including phenoxy) is 1. The summed E-state index contributed by atoms with van der Waals surface area (Å²) in [4.78, 5) is 3.27. The second-order valence-corrected chi connectivity index (χ2v) is 10.2. The molecular weight excluding hydrogens is 527 g/mol. The summed E-state index contributed by atoms with van der Waals surface area (Å²) in [6.07, 6.45) is -0.593. The molecule has 3 aromatic rings. The molecule has 210 valence electrons. The Morgan fingerprint density at radius 2 is 1.92 bits per heavy atom. The van der Waals surface area contributed by atoms with E-state index in [1.165, 1.54) is 4.57 Å². The monoisotopic (exact) mass is 561 g/mol. The average molecular weight is 562 g/mol. The number of aliphatic hydroxyl groups excluding tert-OH is 1. The minimum absolute atomic E-state index is 0.147. The second-order valence-electron chi connectivity index (χ2n) is 9.30. The Bertz CT molecular complexity index is 1310. The molecule has 1 aliphatic heterocycles. The molecule has 4 rings (SSSR count). The number of fused-ring (bicyclic) bond motifs is 1. The first-order valence-electron chi connectivity index (χ1n) is 12.8. The van der Waals surface area contributed by atoms with Crippen LogP contribution in [-0.4, -0.2) is 72.9 Å². The quantitative estimate of drug-likeness (QED) is 0.162. The van der Waals surface area contributed by atoms with E-state index in [1.54, 1.807) is 37.1 Å². The molecule has 0 amide bonds. The van der Waals surface area contributed by atoms with Crippen LogP contribution in [0.15, 0.2) is 47.4 Å². The molecule has 0 spiro atoms. The number of nitrogens with zero attached hydrogens (tertiary/aromatic N) is 2. The number of aromatic nitrogens is 1. The van der Waals surface area contributed by atoms with E-state index in [0.717, 1.165) is 36.5 Å². The van der Waals surface area contributed by atoms with Gasteiger partial charge in [-0.3, -0.25) is 0 Å². The lowest BCUT2D eigenvalue weighted by Crippen LogP contribution is -2.45. The van der Waals surface area contributed by atoms with Crippen molar-refractivity contribution in [2.45, 2.75) is 36.5 Å². The molecule has 1 aliphatic rings. The number of halogens is 3. The Kier molecular flexibility index (Phi) is 9.91. The summed E-state index contributed by atoms with van der Waals surface area (Å²) in [6, 6.07) is 13.0. The molecule has 11 heteroatoms. The minimum Gasteiger partial charge on any atom is -0.495 e. The van der Waals surface area contributed by atoms with Crippen molar-refractivity contribution in [3.05, 3.63) is 48.2 Å². The Morgan fingerprint density at radius 3 is 2.62 bits per heavy atom. The molecule has 39 heavy (non-hydrogen) atoms. The summed E-state index contributed by atoms with van der Waals surface area (Å²) in [5.41, 5.74) is 8.78. The summed E-state index contributed by atoms with van der Waals surface area (Å²) in [5.74, 6) is 6.58. The van der Waals surface area contributed by atoms with Crippen molar-refractivity contribution in [2.75, 3.05) is 56.9 Å². The predicted molar refractivity (Wildman–Crippen MR) is 151 cm³/mol. The number of hydrazine groups is 1. The Hall–Kier alpha value is -3.04. The fourth-order valence-corrected chi connectivity index (χ4v) is 5.12. The Balaban J connectivity index is 1.51. The van der Waals surface area contributed by atoms with Crippen LogP contribution < -0.4 is 20.9 Å². The van der Waals surface area contributed by atoms with Crippen molar-refractivity contribution in [2.24, 2.45) is 0 Å². The largest absolute Gasteiger partial charge is 0.495 e. The lowest BCUT2D eigenvalue weighted by atomic mass is 10.1. The number of piperidine rings is 1. The summed E-state index contributed by atoms with van der Waals surface area (Å²) < 4.78 is 47.2. The van der Waals surface area contributed by atoms with Crippen molar-refractivity contribution in [3.63, 3.8) is 0 Å². The number of β-amino-alcohol motifs (C(OH)–C–C–N with tert-alkyl or cyclic N) is 1. The highest BCUT2D eigenvalue weighted by molar-refractivity contribution is 7.98. The molecular formula is C28H34F3N5O2S. The van der Waals surface area contributed by atoms with Gasteiger partial charge in [-0.25, -0.2) is 5.43 Å². The van der Waals surface area contributed by atoms with Gasteiger partial charge in [0.1, 0.15) is 12.3 Å². The van der Waals surface area contributed by atoms with Crippen LogP contribution in [0, 0.1) is 11.8 Å². The molecule has 0 bridgehead atoms. The molecule has 1 aromatic heterocycles. The molecule has 0 unspecified atom stereocenters. The summed E-state index contributed by atoms with van der Waals surface area (Å²) in [7, 11) is 1.59. The number of methoxy groups -OCH3 is 1. The van der Waals surface area contributed by atoms with E-state index in [1.807, 2.05) is 30.5 Å². The second kappa shape index (κ2) is 13.3. The predicted octanol–water partition coefficient (Wildman–Crippen LogP) is 4.77. The van der Waals surface area contributed by atoms with E-state index in [0.29, 0.717) is 34.6 Å². The molecule has 4 N–H and O–H groups in total. The number of anilines is 2. The topological polar surface area (TPSA) is 73.7 Å². The standard InChI is InChI=1S/C28H34F3N5O2S/c1-38-27-18-22(39-2)8-9-25(27)32-12-4-5-21-17-23-24(6-3-7-26(23)36(21)19-28(29,30)31)34-33-20-10-13-35(14-11-20)15-16-37/h3,6-9,17-18,20,32-34,37H,10-16,19H2,1-2H3. The normalized spacial score (nSPS) is 14.7. The number of benzene rings is 2. The van der Waals surface area contributed by atoms with Crippen molar-refractivity contribution in [1.29, 1.82) is 0 Å². The van der Waals surface area contributed by atoms with Gasteiger partial charge in [0.15, 0.2) is 0 Å². The molecule has 2 heterocycles. The Labute approximate surface area is 231 Å². The SMILES string of the molecule is COc1cc(SC)ccc1NCC#Cc1cc2c(NNC3CCN(CCO)CC3)cccc2n1CC(F)(F)F. The highest BCUT2D eigenvalue weighted by Gasteiger charge is 2.30. The number of rotatable bonds is 10. The number of alkyl halides is 3. The van der Waals surface area contributed by atoms with Crippen LogP contribution in [0.4, 0.5) is 24.5 Å². The van der Waals surface area contributed by atoms with Crippen LogP contribution in [0.3, 0.4) is 0 Å². The molecule has 0 saturated carbocycles. The number of nitrogens with one attached hydrogen (secondary N) is 3. The van der Waals surface area contributed by atoms with Crippen LogP contribution in [-0.2, 0) is 6.54 Å². The first-order chi connectivity index (χ1) is 18.8. The fourth-order valence-electron chi connectivity index (χ4n) is 4.69. The van der Waals surface area contributed by atoms with Crippen LogP contribution in [0.5, 0.6) is 5.75 Å². The lowest BCUT2D eigenvalue weighted by Gasteiger charge is -2.32. The number of thioether (sulfide) groups is 1. The van der Waals surface area contributed by atoms with Crippen LogP contribution >= 0.6 is 11.8 Å². The zero-order valence-corrected chi connectivity index (χ0v) is 22.9. The third kappa shape index (κ3) is 7.76. The van der Waals surface area contributed by atoms with Gasteiger partial charge in [0, 0.05) is 22.9 Å². The third-order valence-electron chi connectivity index (χ3n) is 6.69. The van der Waals surface area contributed by atoms with Gasteiger partial charge in [-0.05, 0) is 74.5 Å². The molecule has 7 nitrogen and oxygen atoms in total. The van der Waals surface area contributed by atoms with Crippen molar-refractivity contribution >= 4 is 34.0 Å². The summed E-state index contributed by atoms with van der Waals surface area (Å²) >= 11 is 1.60. The number of hydrogen-bond acceptors (Lipinski definition) is 7. The maximum atomic E-state index is 13.5. The maximum Gasteiger partial charge on any atom is 0.406 e. The fraction of sp³-hybridized carbons (Fsp3) is 0.429. The van der Waals surface area contributed by atoms with Crippen LogP contribution in [0.25, 0.3) is 10.9 Å². The highest BCUT2D eigenvalue weighted by Crippen LogP contribution is 2.31. The zero-order valence-electron chi connectivity index (χ0n) is 22.1. The van der Waals surface area contributed by atoms with Crippen LogP contribution in [0.1, 0.15) is 18.5 Å². The minimum atomic E-state index is -4.39. The first-order valence-corrected chi connectivity index (χ1v) is 14.0. The van der Waals surface area contributed by atoms with Gasteiger partial charge in [-0.2, -0.15) is 13.2 Å². The van der Waals surface area contributed by atoms with Crippen molar-refractivity contribution < 1.29 is 23.0 Å². The number of aliphatic hydroxyl groups is 1. The van der Waals surface area contributed by atoms with E-state index in [4.69, 9.17) is 9.84 Å². The summed E-state index contributed by atoms with van der Waals surface area (Å²) in [5, 5.41) is 13.0. The zero-order chi connectivity index (χ0) is 27.8. The first kappa shape index (κ1) is 29.0. The number of hydrogen-bond donors (Lipinski definition) is 4. The van der Waals surface area contributed by atoms with Crippen molar-refractivity contribution in [1.82, 2.24) is 14.9 Å². The number of likely N-dealkylation sites (tertiary alicyclic amines) is 1. The molecule has 0 aliphatic carbocycles. The van der Waals surface area contributed by atoms with Gasteiger partial charge in [-0.15, -0.1) is 11.8 Å². The van der Waals surface area contributed by atoms with E-state index >= 15 is 0 Å². The smallest absolute Gasteiger partial charge is 0.406 e. The van der Waals surface area contributed by atoms with Gasteiger partial charge >= 0.3 is 6.18 Å². The molecule has 0 atom stereocenters. The third-order valence-corrected chi connectivity index (χ3v) is 7.42. The molecule has 2 aromatic carbocycles. The lowest BCUT2D eigenvalue weighted by molar-refractivity contribution is -0.140. The molecule has 1 fully saturated rings. The highest BCUT2D eigenvalue weighted by atomic mass is 32.2.